The van der Waals surface area contributed by atoms with Crippen LogP contribution in [0.5, 0.6) is 0 Å². The summed E-state index contributed by atoms with van der Waals surface area (Å²) in [5.74, 6) is 0. The van der Waals surface area contributed by atoms with Gasteiger partial charge in [0.25, 0.3) is 0 Å². The van der Waals surface area contributed by atoms with Crippen LogP contribution in [0.1, 0.15) is 134 Å². The van der Waals surface area contributed by atoms with Crippen LogP contribution >= 0.6 is 11.8 Å². The molecule has 0 atom stereocenters. The van der Waals surface area contributed by atoms with Gasteiger partial charge in [0.2, 0.25) is 6.71 Å². The Morgan fingerprint density at radius 1 is 0.391 bits per heavy atom. The molecule has 4 heterocycles. The quantitative estimate of drug-likeness (QED) is 0.159. The van der Waals surface area contributed by atoms with E-state index in [4.69, 9.17) is 4.11 Å². The molecule has 0 unspecified atom stereocenters. The first-order chi connectivity index (χ1) is 43.7. The number of fused-ring (bicyclic) bond motifs is 13. The molecular formula is C83H75BN2S. The highest BCUT2D eigenvalue weighted by atomic mass is 32.2. The molecule has 87 heavy (non-hydrogen) atoms. The number of benzene rings is 11. The van der Waals surface area contributed by atoms with Crippen LogP contribution in [0.15, 0.2) is 246 Å². The molecule has 0 saturated heterocycles. The first-order valence-electron chi connectivity index (χ1n) is 33.4. The van der Waals surface area contributed by atoms with Gasteiger partial charge in [0.1, 0.15) is 0 Å². The number of nitrogens with zero attached hydrogens (tertiary/aromatic N) is 2. The molecule has 1 aromatic heterocycles. The van der Waals surface area contributed by atoms with Gasteiger partial charge in [0.15, 0.2) is 0 Å². The third-order valence-corrected chi connectivity index (χ3v) is 20.2. The number of anilines is 3. The largest absolute Gasteiger partial charge is 0.310 e. The van der Waals surface area contributed by atoms with E-state index in [1.165, 1.54) is 65.0 Å². The van der Waals surface area contributed by atoms with Crippen LogP contribution in [-0.2, 0) is 27.1 Å². The fraction of sp³-hybridized carbons (Fsp3) is 0.205. The standard InChI is InChI=1S/C83H75BN2S/c1-79(2,3)56-37-42-71-63(45-56)64-46-57(80(4,5)6)38-43-72(64)85(71)60-39-41-69-73(51-60)86(78-61(53-28-18-14-19-29-53)47-58(81(7,8)9)48-62(78)54-30-20-15-21-31-54)74-50-59(82(10,11)12)49-68-77(74)84(69)70-44-55(52-26-16-13-17-27-52)36-40-65(70)83(68)66-32-22-24-34-75(66)87-76-35-25-23-33-67(76)83/h13-51H,1-12H3/i13D,16D,17D,26D,27D. The maximum atomic E-state index is 9.52. The summed E-state index contributed by atoms with van der Waals surface area (Å²) in [6, 6.07) is 75.9. The molecule has 0 radical (unpaired) electrons. The van der Waals surface area contributed by atoms with Crippen molar-refractivity contribution in [3.8, 4) is 39.1 Å². The van der Waals surface area contributed by atoms with Crippen molar-refractivity contribution < 1.29 is 6.85 Å². The zero-order chi connectivity index (χ0) is 64.5. The van der Waals surface area contributed by atoms with Crippen LogP contribution in [0.4, 0.5) is 17.1 Å². The summed E-state index contributed by atoms with van der Waals surface area (Å²) in [5, 5.41) is 2.43. The van der Waals surface area contributed by atoms with Crippen LogP contribution in [0, 0.1) is 0 Å². The van der Waals surface area contributed by atoms with Gasteiger partial charge < -0.3 is 9.47 Å². The molecule has 1 spiro atoms. The highest BCUT2D eigenvalue weighted by molar-refractivity contribution is 7.99. The van der Waals surface area contributed by atoms with E-state index in [-0.39, 0.29) is 51.4 Å². The number of hydrogen-bond acceptors (Lipinski definition) is 2. The fourth-order valence-electron chi connectivity index (χ4n) is 14.5. The molecule has 0 saturated carbocycles. The first kappa shape index (κ1) is 49.5. The van der Waals surface area contributed by atoms with Gasteiger partial charge in [-0.05, 0) is 166 Å². The van der Waals surface area contributed by atoms with Gasteiger partial charge in [-0.1, -0.05) is 270 Å². The minimum absolute atomic E-state index is 0.0813. The van der Waals surface area contributed by atoms with E-state index in [0.29, 0.717) is 5.56 Å². The zero-order valence-corrected chi connectivity index (χ0v) is 52.8. The van der Waals surface area contributed by atoms with Gasteiger partial charge in [-0.15, -0.1) is 0 Å². The summed E-state index contributed by atoms with van der Waals surface area (Å²) < 4.78 is 48.3. The molecule has 15 rings (SSSR count). The maximum absolute atomic E-state index is 9.52. The number of aromatic nitrogens is 1. The molecule has 12 aromatic rings. The van der Waals surface area contributed by atoms with Crippen LogP contribution in [-0.4, -0.2) is 11.3 Å². The molecule has 0 fully saturated rings. The third kappa shape index (κ3) is 8.67. The van der Waals surface area contributed by atoms with Crippen molar-refractivity contribution in [2.75, 3.05) is 4.90 Å². The second-order valence-electron chi connectivity index (χ2n) is 28.6. The number of rotatable bonds is 5. The Hall–Kier alpha value is -8.57. The lowest BCUT2D eigenvalue weighted by Gasteiger charge is -2.51. The fourth-order valence-corrected chi connectivity index (χ4v) is 15.7. The molecule has 0 N–H and O–H groups in total. The Labute approximate surface area is 527 Å². The highest BCUT2D eigenvalue weighted by Gasteiger charge is 2.55. The van der Waals surface area contributed by atoms with Gasteiger partial charge in [0, 0.05) is 48.8 Å². The van der Waals surface area contributed by atoms with Crippen molar-refractivity contribution in [2.45, 2.75) is 120 Å². The Morgan fingerprint density at radius 2 is 0.908 bits per heavy atom. The molecule has 2 nitrogen and oxygen atoms in total. The summed E-state index contributed by atoms with van der Waals surface area (Å²) in [4.78, 5) is 4.99. The second kappa shape index (κ2) is 19.7. The van der Waals surface area contributed by atoms with Crippen molar-refractivity contribution in [3.05, 3.63) is 281 Å². The monoisotopic (exact) mass is 1150 g/mol. The van der Waals surface area contributed by atoms with Gasteiger partial charge >= 0.3 is 0 Å². The molecular weight excluding hydrogens is 1070 g/mol. The van der Waals surface area contributed by atoms with Crippen LogP contribution in [0.3, 0.4) is 0 Å². The Bertz CT molecular complexity index is 4870. The zero-order valence-electron chi connectivity index (χ0n) is 57.0. The summed E-state index contributed by atoms with van der Waals surface area (Å²) in [6.45, 7) is 27.3. The van der Waals surface area contributed by atoms with Crippen LogP contribution in [0.25, 0.3) is 60.9 Å². The predicted molar refractivity (Wildman–Crippen MR) is 374 cm³/mol. The molecule has 0 amide bonds. The summed E-state index contributed by atoms with van der Waals surface area (Å²) >= 11 is 1.81. The summed E-state index contributed by atoms with van der Waals surface area (Å²) in [5.41, 5.74) is 23.0. The smallest absolute Gasteiger partial charge is 0.247 e. The number of hydrogen-bond donors (Lipinski definition) is 0. The SMILES string of the molecule is [2H]c1c([2H])c([2H])c(-c2ccc3c(c2)B2c4ccc(-n5c6ccc(C(C)(C)C)cc6c6cc(C(C)(C)C)ccc65)cc4N(c4c(-c5ccccc5)cc(C(C)(C)C)cc4-c4ccccc4)c4cc(C(C)(C)C)cc(c42)C32c3ccccc3Sc3ccccc32)c([2H])c1[2H]. The third-order valence-electron chi connectivity index (χ3n) is 19.0. The van der Waals surface area contributed by atoms with Crippen molar-refractivity contribution >= 4 is 73.7 Å². The van der Waals surface area contributed by atoms with E-state index < -0.39 is 18.2 Å². The topological polar surface area (TPSA) is 8.17 Å². The predicted octanol–water partition coefficient (Wildman–Crippen LogP) is 20.4. The van der Waals surface area contributed by atoms with E-state index in [1.807, 2.05) is 17.8 Å². The van der Waals surface area contributed by atoms with E-state index in [1.54, 1.807) is 0 Å². The summed E-state index contributed by atoms with van der Waals surface area (Å²) in [7, 11) is 0. The molecule has 426 valence electrons. The van der Waals surface area contributed by atoms with E-state index >= 15 is 0 Å². The lowest BCUT2D eigenvalue weighted by molar-refractivity contribution is 0.586. The van der Waals surface area contributed by atoms with Gasteiger partial charge in [-0.2, -0.15) is 0 Å². The van der Waals surface area contributed by atoms with Crippen molar-refractivity contribution in [3.63, 3.8) is 0 Å². The normalized spacial score (nSPS) is 15.0. The van der Waals surface area contributed by atoms with Crippen molar-refractivity contribution in [1.29, 1.82) is 0 Å². The van der Waals surface area contributed by atoms with Crippen molar-refractivity contribution in [2.24, 2.45) is 0 Å². The van der Waals surface area contributed by atoms with Crippen LogP contribution < -0.4 is 21.3 Å². The molecule has 11 aromatic carbocycles. The lowest BCUT2D eigenvalue weighted by Crippen LogP contribution is -2.65. The first-order valence-corrected chi connectivity index (χ1v) is 31.7. The average molecular weight is 1150 g/mol. The minimum Gasteiger partial charge on any atom is -0.310 e. The molecule has 3 aliphatic heterocycles. The lowest BCUT2D eigenvalue weighted by atomic mass is 9.29. The average Bonchev–Trinajstić information content (AvgIpc) is 0.725. The molecule has 4 heteroatoms. The van der Waals surface area contributed by atoms with Gasteiger partial charge in [-0.3, -0.25) is 0 Å². The van der Waals surface area contributed by atoms with E-state index in [0.717, 1.165) is 72.5 Å². The van der Waals surface area contributed by atoms with Gasteiger partial charge in [0.05, 0.1) is 29.0 Å². The Balaban J connectivity index is 1.16. The second-order valence-corrected chi connectivity index (χ2v) is 29.6. The van der Waals surface area contributed by atoms with Gasteiger partial charge in [-0.25, -0.2) is 0 Å². The van der Waals surface area contributed by atoms with E-state index in [2.05, 4.69) is 293 Å². The maximum Gasteiger partial charge on any atom is 0.247 e. The highest BCUT2D eigenvalue weighted by Crippen LogP contribution is 2.59. The van der Waals surface area contributed by atoms with E-state index in [9.17, 15) is 2.74 Å². The Kier molecular flexibility index (Phi) is 11.2. The summed E-state index contributed by atoms with van der Waals surface area (Å²) in [6.07, 6.45) is 0. The van der Waals surface area contributed by atoms with Crippen LogP contribution in [0.2, 0.25) is 0 Å². The molecule has 3 aliphatic rings. The minimum atomic E-state index is -0.890. The Morgan fingerprint density at radius 3 is 1.45 bits per heavy atom. The molecule has 0 aliphatic carbocycles. The molecule has 0 bridgehead atoms. The van der Waals surface area contributed by atoms with Crippen molar-refractivity contribution in [1.82, 2.24) is 4.57 Å².